The molecule has 118 valence electrons. The lowest BCUT2D eigenvalue weighted by atomic mass is 9.90. The average molecular weight is 311 g/mol. The molecular weight excluding hydrogens is 284 g/mol. The zero-order chi connectivity index (χ0) is 15.2. The van der Waals surface area contributed by atoms with Crippen molar-refractivity contribution in [2.45, 2.75) is 58.2 Å². The summed E-state index contributed by atoms with van der Waals surface area (Å²) in [6.07, 6.45) is 3.93. The second-order valence-electron chi connectivity index (χ2n) is 7.03. The Morgan fingerprint density at radius 3 is 2.67 bits per heavy atom. The maximum Gasteiger partial charge on any atom is 0.131 e. The number of halogens is 1. The number of piperazine rings is 1. The van der Waals surface area contributed by atoms with Gasteiger partial charge in [0.25, 0.3) is 0 Å². The first-order valence-corrected chi connectivity index (χ1v) is 8.49. The Morgan fingerprint density at radius 1 is 1.43 bits per heavy atom. The van der Waals surface area contributed by atoms with Crippen LogP contribution >= 0.6 is 11.6 Å². The van der Waals surface area contributed by atoms with Crippen LogP contribution in [0.3, 0.4) is 0 Å². The van der Waals surface area contributed by atoms with Crippen molar-refractivity contribution in [1.29, 1.82) is 0 Å². The first-order chi connectivity index (χ1) is 9.94. The monoisotopic (exact) mass is 310 g/mol. The third kappa shape index (κ3) is 2.86. The van der Waals surface area contributed by atoms with E-state index in [0.717, 1.165) is 42.8 Å². The summed E-state index contributed by atoms with van der Waals surface area (Å²) in [5, 5.41) is 9.02. The van der Waals surface area contributed by atoms with E-state index in [0.29, 0.717) is 6.04 Å². The Hall–Kier alpha value is -0.580. The summed E-state index contributed by atoms with van der Waals surface area (Å²) in [6, 6.07) is 0.653. The molecule has 2 heterocycles. The van der Waals surface area contributed by atoms with Gasteiger partial charge in [-0.1, -0.05) is 18.5 Å². The molecule has 1 aromatic heterocycles. The van der Waals surface area contributed by atoms with Gasteiger partial charge in [0.15, 0.2) is 0 Å². The molecule has 0 spiro atoms. The predicted molar refractivity (Wildman–Crippen MR) is 86.6 cm³/mol. The van der Waals surface area contributed by atoms with Crippen LogP contribution < -0.4 is 5.32 Å². The maximum atomic E-state index is 6.44. The Kier molecular flexibility index (Phi) is 4.06. The van der Waals surface area contributed by atoms with Gasteiger partial charge in [0.1, 0.15) is 5.15 Å². The molecule has 1 aliphatic carbocycles. The zero-order valence-electron chi connectivity index (χ0n) is 13.6. The minimum atomic E-state index is 0.205. The SMILES string of the molecule is CCC1(C)CNC(C2CC2)CN1Cc1c(C)nn(C)c1Cl. The fraction of sp³-hybridized carbons (Fsp3) is 0.812. The topological polar surface area (TPSA) is 33.1 Å². The lowest BCUT2D eigenvalue weighted by Gasteiger charge is -2.48. The molecule has 21 heavy (non-hydrogen) atoms. The maximum absolute atomic E-state index is 6.44. The highest BCUT2D eigenvalue weighted by atomic mass is 35.5. The number of aryl methyl sites for hydroxylation is 2. The average Bonchev–Trinajstić information content (AvgIpc) is 3.26. The molecule has 1 saturated carbocycles. The lowest BCUT2D eigenvalue weighted by Crippen LogP contribution is -2.63. The van der Waals surface area contributed by atoms with Gasteiger partial charge >= 0.3 is 0 Å². The van der Waals surface area contributed by atoms with Crippen LogP contribution in [0.25, 0.3) is 0 Å². The normalized spacial score (nSPS) is 30.8. The van der Waals surface area contributed by atoms with Crippen LogP contribution in [-0.2, 0) is 13.6 Å². The molecular formula is C16H27ClN4. The Balaban J connectivity index is 1.81. The number of hydrogen-bond donors (Lipinski definition) is 1. The Bertz CT molecular complexity index is 523. The number of nitrogens with one attached hydrogen (secondary N) is 1. The third-order valence-corrected chi connectivity index (χ3v) is 5.97. The van der Waals surface area contributed by atoms with Crippen molar-refractivity contribution >= 4 is 11.6 Å². The summed E-state index contributed by atoms with van der Waals surface area (Å²) >= 11 is 6.44. The minimum Gasteiger partial charge on any atom is -0.311 e. The molecule has 2 fully saturated rings. The van der Waals surface area contributed by atoms with Gasteiger partial charge in [-0.05, 0) is 39.0 Å². The van der Waals surface area contributed by atoms with Crippen LogP contribution in [0.2, 0.25) is 5.15 Å². The Labute approximate surface area is 132 Å². The number of hydrogen-bond acceptors (Lipinski definition) is 3. The second-order valence-corrected chi connectivity index (χ2v) is 7.39. The molecule has 0 radical (unpaired) electrons. The van der Waals surface area contributed by atoms with Crippen LogP contribution in [-0.4, -0.2) is 39.4 Å². The standard InChI is InChI=1S/C16H27ClN4/c1-5-16(3)10-18-14(12-6-7-12)9-21(16)8-13-11(2)19-20(4)15(13)17/h12,14,18H,5-10H2,1-4H3. The summed E-state index contributed by atoms with van der Waals surface area (Å²) in [6.45, 7) is 9.81. The van der Waals surface area contributed by atoms with E-state index in [4.69, 9.17) is 11.6 Å². The van der Waals surface area contributed by atoms with Gasteiger partial charge < -0.3 is 5.32 Å². The zero-order valence-corrected chi connectivity index (χ0v) is 14.4. The van der Waals surface area contributed by atoms with Crippen molar-refractivity contribution in [3.63, 3.8) is 0 Å². The predicted octanol–water partition coefficient (Wildman–Crippen LogP) is 2.73. The fourth-order valence-corrected chi connectivity index (χ4v) is 3.68. The van der Waals surface area contributed by atoms with Crippen molar-refractivity contribution in [3.05, 3.63) is 16.4 Å². The fourth-order valence-electron chi connectivity index (χ4n) is 3.45. The molecule has 5 heteroatoms. The van der Waals surface area contributed by atoms with Gasteiger partial charge in [-0.3, -0.25) is 9.58 Å². The molecule has 0 bridgehead atoms. The number of rotatable bonds is 4. The van der Waals surface area contributed by atoms with Crippen molar-refractivity contribution < 1.29 is 0 Å². The molecule has 2 atom stereocenters. The molecule has 0 amide bonds. The van der Waals surface area contributed by atoms with E-state index >= 15 is 0 Å². The molecule has 1 N–H and O–H groups in total. The van der Waals surface area contributed by atoms with E-state index < -0.39 is 0 Å². The van der Waals surface area contributed by atoms with Gasteiger partial charge in [0.2, 0.25) is 0 Å². The van der Waals surface area contributed by atoms with E-state index in [9.17, 15) is 0 Å². The van der Waals surface area contributed by atoms with Gasteiger partial charge in [-0.2, -0.15) is 5.10 Å². The van der Waals surface area contributed by atoms with Crippen LogP contribution in [0, 0.1) is 12.8 Å². The van der Waals surface area contributed by atoms with Crippen LogP contribution in [0.15, 0.2) is 0 Å². The van der Waals surface area contributed by atoms with Crippen molar-refractivity contribution in [2.75, 3.05) is 13.1 Å². The van der Waals surface area contributed by atoms with Crippen LogP contribution in [0.1, 0.15) is 44.4 Å². The molecule has 0 aromatic carbocycles. The summed E-state index contributed by atoms with van der Waals surface area (Å²) in [7, 11) is 1.92. The lowest BCUT2D eigenvalue weighted by molar-refractivity contribution is 0.0368. The Morgan fingerprint density at radius 2 is 2.14 bits per heavy atom. The highest BCUT2D eigenvalue weighted by molar-refractivity contribution is 6.30. The second kappa shape index (κ2) is 5.56. The molecule has 2 unspecified atom stereocenters. The highest BCUT2D eigenvalue weighted by Crippen LogP contribution is 2.37. The van der Waals surface area contributed by atoms with E-state index in [1.165, 1.54) is 18.4 Å². The van der Waals surface area contributed by atoms with Crippen molar-refractivity contribution in [3.8, 4) is 0 Å². The molecule has 1 saturated heterocycles. The third-order valence-electron chi connectivity index (χ3n) is 5.50. The van der Waals surface area contributed by atoms with Gasteiger partial charge in [0, 0.05) is 43.8 Å². The van der Waals surface area contributed by atoms with E-state index in [-0.39, 0.29) is 5.54 Å². The molecule has 4 nitrogen and oxygen atoms in total. The van der Waals surface area contributed by atoms with E-state index in [1.807, 2.05) is 7.05 Å². The largest absolute Gasteiger partial charge is 0.311 e. The first kappa shape index (κ1) is 15.3. The molecule has 1 aromatic rings. The molecule has 2 aliphatic rings. The molecule has 3 rings (SSSR count). The summed E-state index contributed by atoms with van der Waals surface area (Å²) in [5.41, 5.74) is 2.45. The minimum absolute atomic E-state index is 0.205. The smallest absolute Gasteiger partial charge is 0.131 e. The van der Waals surface area contributed by atoms with Crippen molar-refractivity contribution in [2.24, 2.45) is 13.0 Å². The summed E-state index contributed by atoms with van der Waals surface area (Å²) in [4.78, 5) is 2.63. The van der Waals surface area contributed by atoms with Gasteiger partial charge in [-0.25, -0.2) is 0 Å². The summed E-state index contributed by atoms with van der Waals surface area (Å²) in [5.74, 6) is 0.888. The van der Waals surface area contributed by atoms with Crippen LogP contribution in [0.5, 0.6) is 0 Å². The van der Waals surface area contributed by atoms with Crippen LogP contribution in [0.4, 0.5) is 0 Å². The van der Waals surface area contributed by atoms with Gasteiger partial charge in [0.05, 0.1) is 5.69 Å². The van der Waals surface area contributed by atoms with Crippen molar-refractivity contribution in [1.82, 2.24) is 20.0 Å². The first-order valence-electron chi connectivity index (χ1n) is 8.11. The quantitative estimate of drug-likeness (QED) is 0.928. The van der Waals surface area contributed by atoms with Gasteiger partial charge in [-0.15, -0.1) is 0 Å². The van der Waals surface area contributed by atoms with E-state index in [2.05, 4.69) is 36.1 Å². The highest BCUT2D eigenvalue weighted by Gasteiger charge is 2.42. The number of aromatic nitrogens is 2. The van der Waals surface area contributed by atoms with E-state index in [1.54, 1.807) is 4.68 Å². The summed E-state index contributed by atoms with van der Waals surface area (Å²) < 4.78 is 1.79. The molecule has 1 aliphatic heterocycles. The number of nitrogens with zero attached hydrogens (tertiary/aromatic N) is 3.